The Balaban J connectivity index is 4.94. The molecule has 5 atom stereocenters. The minimum Gasteiger partial charge on any atom is -0.465 e. The maximum Gasteiger partial charge on any atom is 0.308 e. The molecule has 0 saturated carbocycles. The topological polar surface area (TPSA) is 171 Å². The quantitative estimate of drug-likeness (QED) is 0.0264. The number of ether oxygens (including phenoxy) is 6. The van der Waals surface area contributed by atoms with Crippen molar-refractivity contribution in [3.05, 3.63) is 0 Å². The monoisotopic (exact) mass is 1420 g/mol. The largest absolute Gasteiger partial charge is 0.465 e. The van der Waals surface area contributed by atoms with Crippen molar-refractivity contribution in [2.75, 3.05) is 86.8 Å². The average molecular weight is 1420 g/mol. The standard InChI is InChI=1S/C85H165N3O12/c1-12-20-54-74(16-5)82(91)95-70-48-40-32-24-28-36-44-58-78(59-45-37-29-25-33-41-49-71-96-83(92)75(17-6)55-21-13-2)99-80(89)62-68-87(10)66-52-64-86(9)65-53-67-88(11)69-63-81(90)100-79(60-46-38-30-26-34-42-50-72-97-84(93)76(18-7)56-22-14-3)61-47-39-31-27-35-43-51-73-98-85(94)77(19-8)57-23-15-4/h74-80,89H,12-73H2,1-11H3. The molecule has 0 heterocycles. The van der Waals surface area contributed by atoms with E-state index >= 15 is 0 Å². The molecule has 0 saturated heterocycles. The van der Waals surface area contributed by atoms with Crippen molar-refractivity contribution in [2.45, 2.75) is 408 Å². The van der Waals surface area contributed by atoms with Gasteiger partial charge in [0, 0.05) is 19.5 Å². The molecule has 0 aromatic heterocycles. The van der Waals surface area contributed by atoms with E-state index in [1.807, 2.05) is 0 Å². The Morgan fingerprint density at radius 3 is 0.810 bits per heavy atom. The van der Waals surface area contributed by atoms with Crippen molar-refractivity contribution >= 4 is 29.8 Å². The van der Waals surface area contributed by atoms with Gasteiger partial charge in [-0.25, -0.2) is 0 Å². The smallest absolute Gasteiger partial charge is 0.308 e. The average Bonchev–Trinajstić information content (AvgIpc) is 1.89. The predicted octanol–water partition coefficient (Wildman–Crippen LogP) is 21.5. The van der Waals surface area contributed by atoms with Gasteiger partial charge in [0.15, 0.2) is 6.29 Å². The van der Waals surface area contributed by atoms with Gasteiger partial charge in [-0.3, -0.25) is 24.0 Å². The second-order valence-corrected chi connectivity index (χ2v) is 30.2. The maximum atomic E-state index is 13.4. The van der Waals surface area contributed by atoms with E-state index in [1.165, 1.54) is 51.4 Å². The Labute approximate surface area is 617 Å². The van der Waals surface area contributed by atoms with Gasteiger partial charge < -0.3 is 48.2 Å². The molecule has 15 heteroatoms. The van der Waals surface area contributed by atoms with Crippen LogP contribution < -0.4 is 0 Å². The van der Waals surface area contributed by atoms with E-state index in [-0.39, 0.29) is 65.7 Å². The highest BCUT2D eigenvalue weighted by atomic mass is 16.6. The van der Waals surface area contributed by atoms with Gasteiger partial charge in [-0.05, 0) is 176 Å². The third-order valence-electron chi connectivity index (χ3n) is 20.9. The molecule has 0 bridgehead atoms. The number of carbonyl (C=O) groups excluding carboxylic acids is 5. The van der Waals surface area contributed by atoms with Crippen molar-refractivity contribution in [1.29, 1.82) is 0 Å². The van der Waals surface area contributed by atoms with E-state index in [0.29, 0.717) is 45.8 Å². The lowest BCUT2D eigenvalue weighted by atomic mass is 10.00. The molecule has 100 heavy (non-hydrogen) atoms. The molecule has 0 radical (unpaired) electrons. The minimum atomic E-state index is -0.776. The molecule has 0 aromatic carbocycles. The summed E-state index contributed by atoms with van der Waals surface area (Å²) in [5.41, 5.74) is 0. The lowest BCUT2D eigenvalue weighted by molar-refractivity contribution is -0.151. The molecular formula is C85H165N3O12. The van der Waals surface area contributed by atoms with Crippen LogP contribution in [0.5, 0.6) is 0 Å². The van der Waals surface area contributed by atoms with Crippen molar-refractivity contribution < 1.29 is 57.5 Å². The van der Waals surface area contributed by atoms with E-state index < -0.39 is 6.29 Å². The number of hydrogen-bond donors (Lipinski definition) is 1. The molecule has 1 N–H and O–H groups in total. The van der Waals surface area contributed by atoms with E-state index in [2.05, 4.69) is 91.2 Å². The van der Waals surface area contributed by atoms with Gasteiger partial charge in [-0.2, -0.15) is 0 Å². The Morgan fingerprint density at radius 2 is 0.530 bits per heavy atom. The molecule has 0 spiro atoms. The SMILES string of the molecule is CCCCC(CC)C(=O)OCCCCCCCCCC(CCCCCCCCCOC(=O)C(CC)CCCC)OC(=O)CCN(C)CCCN(C)CCCN(C)CCC(O)OC(CCCCCCCCCOC(=O)C(CC)CCCC)CCCCCCCCCOC(=O)C(CC)CCCC. The third kappa shape index (κ3) is 59.4. The molecular weight excluding hydrogens is 1250 g/mol. The van der Waals surface area contributed by atoms with Gasteiger partial charge in [-0.1, -0.05) is 248 Å². The summed E-state index contributed by atoms with van der Waals surface area (Å²) in [5, 5.41) is 11.2. The van der Waals surface area contributed by atoms with Gasteiger partial charge in [0.05, 0.1) is 62.6 Å². The summed E-state index contributed by atoms with van der Waals surface area (Å²) < 4.78 is 35.1. The van der Waals surface area contributed by atoms with E-state index in [4.69, 9.17) is 28.4 Å². The Bertz CT molecular complexity index is 1750. The van der Waals surface area contributed by atoms with E-state index in [0.717, 1.165) is 302 Å². The van der Waals surface area contributed by atoms with Crippen LogP contribution in [0.2, 0.25) is 0 Å². The van der Waals surface area contributed by atoms with Gasteiger partial charge in [0.25, 0.3) is 0 Å². The van der Waals surface area contributed by atoms with E-state index in [9.17, 15) is 29.1 Å². The lowest BCUT2D eigenvalue weighted by Crippen LogP contribution is -2.31. The fraction of sp³-hybridized carbons (Fsp3) is 0.941. The Hall–Kier alpha value is -2.85. The molecule has 0 aliphatic carbocycles. The van der Waals surface area contributed by atoms with Gasteiger partial charge >= 0.3 is 29.8 Å². The summed E-state index contributed by atoms with van der Waals surface area (Å²) in [6.45, 7) is 24.5. The summed E-state index contributed by atoms with van der Waals surface area (Å²) in [6, 6.07) is 0. The maximum absolute atomic E-state index is 13.4. The summed E-state index contributed by atoms with van der Waals surface area (Å²) in [5.74, 6) is 0.0364. The second kappa shape index (κ2) is 71.7. The number of unbranched alkanes of at least 4 members (excludes halogenated alkanes) is 28. The first kappa shape index (κ1) is 97.2. The molecule has 0 amide bonds. The van der Waals surface area contributed by atoms with Crippen LogP contribution in [-0.2, 0) is 52.4 Å². The first-order valence-electron chi connectivity index (χ1n) is 42.9. The third-order valence-corrected chi connectivity index (χ3v) is 20.9. The van der Waals surface area contributed by atoms with Crippen LogP contribution in [0, 0.1) is 23.7 Å². The zero-order valence-electron chi connectivity index (χ0n) is 67.7. The summed E-state index contributed by atoms with van der Waals surface area (Å²) in [6.07, 6.45) is 53.1. The molecule has 15 nitrogen and oxygen atoms in total. The Kier molecular flexibility index (Phi) is 69.7. The number of aliphatic hydroxyl groups excluding tert-OH is 1. The van der Waals surface area contributed by atoms with Crippen molar-refractivity contribution in [3.63, 3.8) is 0 Å². The highest BCUT2D eigenvalue weighted by Gasteiger charge is 2.22. The number of aliphatic hydroxyl groups is 1. The van der Waals surface area contributed by atoms with Crippen molar-refractivity contribution in [1.82, 2.24) is 14.7 Å². The molecule has 0 fully saturated rings. The highest BCUT2D eigenvalue weighted by Crippen LogP contribution is 2.24. The minimum absolute atomic E-state index is 0.0132. The normalized spacial score (nSPS) is 13.9. The molecule has 0 aliphatic rings. The van der Waals surface area contributed by atoms with Crippen LogP contribution in [-0.4, -0.2) is 155 Å². The zero-order chi connectivity index (χ0) is 73.7. The number of rotatable bonds is 77. The van der Waals surface area contributed by atoms with E-state index in [1.54, 1.807) is 0 Å². The number of esters is 5. The van der Waals surface area contributed by atoms with Gasteiger partial charge in [0.2, 0.25) is 0 Å². The van der Waals surface area contributed by atoms with Crippen LogP contribution in [0.3, 0.4) is 0 Å². The number of hydrogen-bond acceptors (Lipinski definition) is 15. The predicted molar refractivity (Wildman–Crippen MR) is 417 cm³/mol. The molecule has 592 valence electrons. The first-order chi connectivity index (χ1) is 48.6. The molecule has 0 aromatic rings. The molecule has 0 aliphatic heterocycles. The van der Waals surface area contributed by atoms with Gasteiger partial charge in [-0.15, -0.1) is 0 Å². The van der Waals surface area contributed by atoms with Gasteiger partial charge in [0.1, 0.15) is 6.10 Å². The summed E-state index contributed by atoms with van der Waals surface area (Å²) >= 11 is 0. The lowest BCUT2D eigenvalue weighted by Gasteiger charge is -2.25. The Morgan fingerprint density at radius 1 is 0.280 bits per heavy atom. The summed E-state index contributed by atoms with van der Waals surface area (Å²) in [4.78, 5) is 70.3. The fourth-order valence-corrected chi connectivity index (χ4v) is 13.6. The van der Waals surface area contributed by atoms with Crippen LogP contribution in [0.25, 0.3) is 0 Å². The van der Waals surface area contributed by atoms with Crippen LogP contribution in [0.15, 0.2) is 0 Å². The van der Waals surface area contributed by atoms with Crippen LogP contribution in [0.4, 0.5) is 0 Å². The van der Waals surface area contributed by atoms with Crippen molar-refractivity contribution in [2.24, 2.45) is 23.7 Å². The van der Waals surface area contributed by atoms with Crippen molar-refractivity contribution in [3.8, 4) is 0 Å². The van der Waals surface area contributed by atoms with Crippen LogP contribution >= 0.6 is 0 Å². The molecule has 0 rings (SSSR count). The fourth-order valence-electron chi connectivity index (χ4n) is 13.6. The van der Waals surface area contributed by atoms with Crippen LogP contribution in [0.1, 0.15) is 389 Å². The second-order valence-electron chi connectivity index (χ2n) is 30.2. The highest BCUT2D eigenvalue weighted by molar-refractivity contribution is 5.73. The number of nitrogens with zero attached hydrogens (tertiary/aromatic N) is 3. The molecule has 5 unspecified atom stereocenters. The zero-order valence-corrected chi connectivity index (χ0v) is 67.7. The summed E-state index contributed by atoms with van der Waals surface area (Å²) in [7, 11) is 6.46. The first-order valence-corrected chi connectivity index (χ1v) is 42.9. The number of carbonyl (C=O) groups is 5.